The van der Waals surface area contributed by atoms with Crippen molar-refractivity contribution in [3.05, 3.63) is 0 Å². The van der Waals surface area contributed by atoms with Crippen LogP contribution in [0.2, 0.25) is 0 Å². The van der Waals surface area contributed by atoms with Crippen LogP contribution in [-0.4, -0.2) is 36.6 Å². The maximum Gasteiger partial charge on any atom is 0.0195 e. The fourth-order valence-corrected chi connectivity index (χ4v) is 3.98. The predicted octanol–water partition coefficient (Wildman–Crippen LogP) is 3.17. The van der Waals surface area contributed by atoms with Crippen molar-refractivity contribution in [2.24, 2.45) is 5.92 Å². The molecular formula is C16H30N2. The summed E-state index contributed by atoms with van der Waals surface area (Å²) in [5.74, 6) is 0.984. The SMILES string of the molecule is C1CCC(CNC2CCCN(C3CCC3)C2)CC1. The number of rotatable bonds is 4. The minimum Gasteiger partial charge on any atom is -0.312 e. The molecule has 0 bridgehead atoms. The average molecular weight is 250 g/mol. The van der Waals surface area contributed by atoms with Gasteiger partial charge in [0.05, 0.1) is 0 Å². The van der Waals surface area contributed by atoms with Crippen molar-refractivity contribution in [3.63, 3.8) is 0 Å². The molecule has 1 aliphatic heterocycles. The first-order valence-electron chi connectivity index (χ1n) is 8.39. The maximum atomic E-state index is 3.88. The topological polar surface area (TPSA) is 15.3 Å². The zero-order chi connectivity index (χ0) is 12.2. The summed E-state index contributed by atoms with van der Waals surface area (Å²) in [7, 11) is 0. The lowest BCUT2D eigenvalue weighted by Gasteiger charge is -2.43. The van der Waals surface area contributed by atoms with Crippen LogP contribution >= 0.6 is 0 Å². The molecule has 1 atom stereocenters. The highest BCUT2D eigenvalue weighted by molar-refractivity contribution is 4.87. The molecule has 0 aromatic heterocycles. The predicted molar refractivity (Wildman–Crippen MR) is 76.8 cm³/mol. The Morgan fingerprint density at radius 2 is 1.67 bits per heavy atom. The highest BCUT2D eigenvalue weighted by Crippen LogP contribution is 2.28. The summed E-state index contributed by atoms with van der Waals surface area (Å²) < 4.78 is 0. The first kappa shape index (κ1) is 12.9. The monoisotopic (exact) mass is 250 g/mol. The van der Waals surface area contributed by atoms with Gasteiger partial charge in [-0.2, -0.15) is 0 Å². The van der Waals surface area contributed by atoms with Crippen molar-refractivity contribution in [3.8, 4) is 0 Å². The van der Waals surface area contributed by atoms with E-state index in [1.54, 1.807) is 0 Å². The number of hydrogen-bond donors (Lipinski definition) is 1. The number of nitrogens with one attached hydrogen (secondary N) is 1. The Hall–Kier alpha value is -0.0800. The zero-order valence-corrected chi connectivity index (χ0v) is 11.9. The van der Waals surface area contributed by atoms with Crippen LogP contribution in [0.4, 0.5) is 0 Å². The summed E-state index contributed by atoms with van der Waals surface area (Å²) in [6, 6.07) is 1.74. The number of likely N-dealkylation sites (tertiary alicyclic amines) is 1. The van der Waals surface area contributed by atoms with E-state index in [1.807, 2.05) is 0 Å². The second kappa shape index (κ2) is 6.38. The van der Waals surface area contributed by atoms with E-state index in [1.165, 1.54) is 83.8 Å². The molecule has 3 fully saturated rings. The van der Waals surface area contributed by atoms with Gasteiger partial charge in [-0.3, -0.25) is 4.90 Å². The van der Waals surface area contributed by atoms with Gasteiger partial charge in [0.1, 0.15) is 0 Å². The largest absolute Gasteiger partial charge is 0.312 e. The van der Waals surface area contributed by atoms with Gasteiger partial charge in [-0.25, -0.2) is 0 Å². The van der Waals surface area contributed by atoms with Crippen molar-refractivity contribution in [1.82, 2.24) is 10.2 Å². The maximum absolute atomic E-state index is 3.88. The molecule has 2 aliphatic carbocycles. The summed E-state index contributed by atoms with van der Waals surface area (Å²) in [5, 5.41) is 3.88. The minimum absolute atomic E-state index is 0.793. The Balaban J connectivity index is 1.38. The molecule has 2 saturated carbocycles. The lowest BCUT2D eigenvalue weighted by Crippen LogP contribution is -2.52. The Labute approximate surface area is 113 Å². The van der Waals surface area contributed by atoms with Gasteiger partial charge in [0.25, 0.3) is 0 Å². The van der Waals surface area contributed by atoms with Crippen molar-refractivity contribution < 1.29 is 0 Å². The molecule has 1 heterocycles. The number of piperidine rings is 1. The molecule has 2 nitrogen and oxygen atoms in total. The van der Waals surface area contributed by atoms with Crippen LogP contribution in [0.3, 0.4) is 0 Å². The van der Waals surface area contributed by atoms with Crippen molar-refractivity contribution >= 4 is 0 Å². The fraction of sp³-hybridized carbons (Fsp3) is 1.00. The van der Waals surface area contributed by atoms with Crippen LogP contribution in [0.15, 0.2) is 0 Å². The molecule has 3 rings (SSSR count). The van der Waals surface area contributed by atoms with E-state index in [9.17, 15) is 0 Å². The van der Waals surface area contributed by atoms with Crippen molar-refractivity contribution in [2.45, 2.75) is 76.3 Å². The molecule has 0 spiro atoms. The summed E-state index contributed by atoms with van der Waals surface area (Å²) in [4.78, 5) is 2.77. The normalized spacial score (nSPS) is 32.3. The standard InChI is InChI=1S/C16H30N2/c1-2-6-14(7-3-1)12-17-15-8-5-11-18(13-15)16-9-4-10-16/h14-17H,1-13H2. The molecule has 18 heavy (non-hydrogen) atoms. The van der Waals surface area contributed by atoms with Crippen LogP contribution in [0.1, 0.15) is 64.2 Å². The molecule has 104 valence electrons. The van der Waals surface area contributed by atoms with E-state index in [4.69, 9.17) is 0 Å². The Morgan fingerprint density at radius 1 is 0.833 bits per heavy atom. The van der Waals surface area contributed by atoms with Gasteiger partial charge < -0.3 is 5.32 Å². The third-order valence-electron chi connectivity index (χ3n) is 5.46. The van der Waals surface area contributed by atoms with E-state index in [0.717, 1.165) is 18.0 Å². The van der Waals surface area contributed by atoms with Crippen LogP contribution in [0.25, 0.3) is 0 Å². The molecule has 3 aliphatic rings. The lowest BCUT2D eigenvalue weighted by atomic mass is 9.88. The zero-order valence-electron chi connectivity index (χ0n) is 11.9. The van der Waals surface area contributed by atoms with Crippen molar-refractivity contribution in [2.75, 3.05) is 19.6 Å². The fourth-order valence-electron chi connectivity index (χ4n) is 3.98. The van der Waals surface area contributed by atoms with E-state index < -0.39 is 0 Å². The third-order valence-corrected chi connectivity index (χ3v) is 5.46. The molecule has 0 radical (unpaired) electrons. The second-order valence-electron chi connectivity index (χ2n) is 6.83. The molecule has 0 aromatic carbocycles. The first-order chi connectivity index (χ1) is 8.92. The van der Waals surface area contributed by atoms with Gasteiger partial charge >= 0.3 is 0 Å². The van der Waals surface area contributed by atoms with Crippen LogP contribution in [-0.2, 0) is 0 Å². The Kier molecular flexibility index (Phi) is 4.58. The highest BCUT2D eigenvalue weighted by atomic mass is 15.2. The van der Waals surface area contributed by atoms with Crippen LogP contribution in [0.5, 0.6) is 0 Å². The average Bonchev–Trinajstić information content (AvgIpc) is 2.36. The third kappa shape index (κ3) is 3.27. The molecule has 2 heteroatoms. The van der Waals surface area contributed by atoms with E-state index in [-0.39, 0.29) is 0 Å². The van der Waals surface area contributed by atoms with Gasteiger partial charge in [-0.15, -0.1) is 0 Å². The summed E-state index contributed by atoms with van der Waals surface area (Å²) >= 11 is 0. The summed E-state index contributed by atoms with van der Waals surface area (Å²) in [6.45, 7) is 3.99. The quantitative estimate of drug-likeness (QED) is 0.824. The second-order valence-corrected chi connectivity index (χ2v) is 6.83. The number of nitrogens with zero attached hydrogens (tertiary/aromatic N) is 1. The van der Waals surface area contributed by atoms with Gasteiger partial charge in [0.2, 0.25) is 0 Å². The van der Waals surface area contributed by atoms with Gasteiger partial charge in [0, 0.05) is 18.6 Å². The lowest BCUT2D eigenvalue weighted by molar-refractivity contribution is 0.0859. The van der Waals surface area contributed by atoms with Gasteiger partial charge in [-0.1, -0.05) is 25.7 Å². The minimum atomic E-state index is 0.793. The molecule has 1 N–H and O–H groups in total. The first-order valence-corrected chi connectivity index (χ1v) is 8.39. The van der Waals surface area contributed by atoms with E-state index in [0.29, 0.717) is 0 Å². The molecule has 0 aromatic rings. The van der Waals surface area contributed by atoms with Gasteiger partial charge in [-0.05, 0) is 57.5 Å². The Morgan fingerprint density at radius 3 is 2.39 bits per heavy atom. The summed E-state index contributed by atoms with van der Waals surface area (Å²) in [6.07, 6.45) is 14.6. The molecule has 1 unspecified atom stereocenters. The molecule has 0 amide bonds. The summed E-state index contributed by atoms with van der Waals surface area (Å²) in [5.41, 5.74) is 0. The van der Waals surface area contributed by atoms with Gasteiger partial charge in [0.15, 0.2) is 0 Å². The van der Waals surface area contributed by atoms with E-state index >= 15 is 0 Å². The smallest absolute Gasteiger partial charge is 0.0195 e. The van der Waals surface area contributed by atoms with Crippen LogP contribution < -0.4 is 5.32 Å². The van der Waals surface area contributed by atoms with Crippen LogP contribution in [0, 0.1) is 5.92 Å². The molecule has 1 saturated heterocycles. The highest BCUT2D eigenvalue weighted by Gasteiger charge is 2.29. The Bertz CT molecular complexity index is 243. The number of hydrogen-bond acceptors (Lipinski definition) is 2. The van der Waals surface area contributed by atoms with E-state index in [2.05, 4.69) is 10.2 Å². The van der Waals surface area contributed by atoms with Crippen molar-refractivity contribution in [1.29, 1.82) is 0 Å². The molecular weight excluding hydrogens is 220 g/mol.